The molecule has 0 aliphatic rings. The minimum absolute atomic E-state index is 0.134. The molecule has 0 saturated carbocycles. The lowest BCUT2D eigenvalue weighted by atomic mass is 10.00. The van der Waals surface area contributed by atoms with Gasteiger partial charge in [-0.25, -0.2) is 4.79 Å². The number of carbonyl (C=O) groups is 4. The fourth-order valence-corrected chi connectivity index (χ4v) is 1.74. The van der Waals surface area contributed by atoms with E-state index in [1.807, 2.05) is 6.92 Å². The third-order valence-corrected chi connectivity index (χ3v) is 2.96. The van der Waals surface area contributed by atoms with Crippen LogP contribution in [0.15, 0.2) is 0 Å². The van der Waals surface area contributed by atoms with Crippen LogP contribution in [-0.4, -0.2) is 45.2 Å². The van der Waals surface area contributed by atoms with Crippen LogP contribution in [0, 0.1) is 5.92 Å². The summed E-state index contributed by atoms with van der Waals surface area (Å²) in [5.74, 6) is -7.11. The molecule has 0 rings (SSSR count). The molecule has 4 N–H and O–H groups in total. The molecule has 0 saturated heterocycles. The molecular formula is C13H21NO7. The Morgan fingerprint density at radius 2 is 1.48 bits per heavy atom. The van der Waals surface area contributed by atoms with Gasteiger partial charge < -0.3 is 20.6 Å². The van der Waals surface area contributed by atoms with Crippen molar-refractivity contribution in [2.24, 2.45) is 5.92 Å². The van der Waals surface area contributed by atoms with E-state index in [9.17, 15) is 19.2 Å². The van der Waals surface area contributed by atoms with Gasteiger partial charge in [-0.2, -0.15) is 0 Å². The zero-order valence-corrected chi connectivity index (χ0v) is 11.9. The first-order valence-electron chi connectivity index (χ1n) is 6.77. The summed E-state index contributed by atoms with van der Waals surface area (Å²) in [7, 11) is 0. The molecule has 0 aliphatic carbocycles. The molecule has 0 aromatic heterocycles. The summed E-state index contributed by atoms with van der Waals surface area (Å²) in [6.07, 6.45) is 2.85. The third kappa shape index (κ3) is 7.91. The molecule has 1 amide bonds. The number of hydrogen-bond donors (Lipinski definition) is 4. The van der Waals surface area contributed by atoms with Crippen LogP contribution in [0.25, 0.3) is 0 Å². The van der Waals surface area contributed by atoms with Gasteiger partial charge in [0.05, 0.1) is 0 Å². The van der Waals surface area contributed by atoms with E-state index in [0.717, 1.165) is 19.3 Å². The summed E-state index contributed by atoms with van der Waals surface area (Å²) < 4.78 is 0. The highest BCUT2D eigenvalue weighted by atomic mass is 16.4. The Kier molecular flexibility index (Phi) is 8.75. The first-order valence-corrected chi connectivity index (χ1v) is 6.77. The summed E-state index contributed by atoms with van der Waals surface area (Å²) in [6.45, 7) is 2.01. The second kappa shape index (κ2) is 9.73. The van der Waals surface area contributed by atoms with E-state index in [-0.39, 0.29) is 6.42 Å². The second-order valence-corrected chi connectivity index (χ2v) is 4.73. The van der Waals surface area contributed by atoms with Crippen LogP contribution in [0.4, 0.5) is 0 Å². The molecule has 0 heterocycles. The van der Waals surface area contributed by atoms with Gasteiger partial charge in [0.25, 0.3) is 0 Å². The second-order valence-electron chi connectivity index (χ2n) is 4.73. The van der Waals surface area contributed by atoms with Crippen molar-refractivity contribution >= 4 is 23.8 Å². The van der Waals surface area contributed by atoms with Crippen LogP contribution in [-0.2, 0) is 19.2 Å². The Morgan fingerprint density at radius 3 is 1.90 bits per heavy atom. The monoisotopic (exact) mass is 303 g/mol. The van der Waals surface area contributed by atoms with Gasteiger partial charge in [0, 0.05) is 12.8 Å². The van der Waals surface area contributed by atoms with E-state index in [4.69, 9.17) is 15.3 Å². The van der Waals surface area contributed by atoms with E-state index < -0.39 is 42.2 Å². The maximum atomic E-state index is 11.6. The van der Waals surface area contributed by atoms with Gasteiger partial charge in [0.15, 0.2) is 5.92 Å². The number of hydrogen-bond acceptors (Lipinski definition) is 4. The molecule has 0 fully saturated rings. The van der Waals surface area contributed by atoms with E-state index >= 15 is 0 Å². The highest BCUT2D eigenvalue weighted by Gasteiger charge is 2.33. The van der Waals surface area contributed by atoms with Crippen LogP contribution in [0.5, 0.6) is 0 Å². The van der Waals surface area contributed by atoms with Crippen molar-refractivity contribution in [3.63, 3.8) is 0 Å². The SMILES string of the molecule is CCCCCCC(=O)NC(CC(C(=O)O)C(=O)O)C(=O)O. The number of carboxylic acids is 3. The summed E-state index contributed by atoms with van der Waals surface area (Å²) in [6, 6.07) is -1.53. The molecule has 8 heteroatoms. The van der Waals surface area contributed by atoms with Crippen LogP contribution in [0.2, 0.25) is 0 Å². The normalized spacial score (nSPS) is 11.9. The minimum atomic E-state index is -1.87. The largest absolute Gasteiger partial charge is 0.481 e. The van der Waals surface area contributed by atoms with Crippen molar-refractivity contribution < 1.29 is 34.5 Å². The number of rotatable bonds is 11. The molecule has 0 radical (unpaired) electrons. The smallest absolute Gasteiger partial charge is 0.326 e. The predicted octanol–water partition coefficient (Wildman–Crippen LogP) is 0.702. The quantitative estimate of drug-likeness (QED) is 0.325. The first kappa shape index (κ1) is 18.9. The fraction of sp³-hybridized carbons (Fsp3) is 0.692. The van der Waals surface area contributed by atoms with Crippen LogP contribution >= 0.6 is 0 Å². The standard InChI is InChI=1S/C13H21NO7/c1-2-3-4-5-6-10(15)14-9(13(20)21)7-8(11(16)17)12(18)19/h8-9H,2-7H2,1H3,(H,14,15)(H,16,17)(H,18,19)(H,20,21). The maximum Gasteiger partial charge on any atom is 0.326 e. The van der Waals surface area contributed by atoms with Crippen molar-refractivity contribution in [2.75, 3.05) is 0 Å². The molecule has 1 atom stereocenters. The summed E-state index contributed by atoms with van der Waals surface area (Å²) in [4.78, 5) is 44.0. The summed E-state index contributed by atoms with van der Waals surface area (Å²) in [5, 5.41) is 28.6. The van der Waals surface area contributed by atoms with Gasteiger partial charge in [0.2, 0.25) is 5.91 Å². The lowest BCUT2D eigenvalue weighted by Crippen LogP contribution is -2.44. The van der Waals surface area contributed by atoms with Crippen molar-refractivity contribution in [3.8, 4) is 0 Å². The summed E-state index contributed by atoms with van der Waals surface area (Å²) >= 11 is 0. The van der Waals surface area contributed by atoms with Gasteiger partial charge >= 0.3 is 17.9 Å². The zero-order valence-electron chi connectivity index (χ0n) is 11.9. The molecule has 0 aliphatic heterocycles. The highest BCUT2D eigenvalue weighted by molar-refractivity contribution is 5.94. The number of carbonyl (C=O) groups excluding carboxylic acids is 1. The molecule has 21 heavy (non-hydrogen) atoms. The minimum Gasteiger partial charge on any atom is -0.481 e. The third-order valence-electron chi connectivity index (χ3n) is 2.96. The maximum absolute atomic E-state index is 11.6. The van der Waals surface area contributed by atoms with Crippen molar-refractivity contribution in [3.05, 3.63) is 0 Å². The lowest BCUT2D eigenvalue weighted by Gasteiger charge is -2.16. The average molecular weight is 303 g/mol. The molecule has 0 aromatic rings. The van der Waals surface area contributed by atoms with E-state index in [2.05, 4.69) is 5.32 Å². The van der Waals surface area contributed by atoms with E-state index in [1.54, 1.807) is 0 Å². The number of unbranched alkanes of at least 4 members (excludes halogenated alkanes) is 3. The van der Waals surface area contributed by atoms with Gasteiger partial charge in [-0.1, -0.05) is 26.2 Å². The number of aliphatic carboxylic acids is 3. The Labute approximate surface area is 122 Å². The van der Waals surface area contributed by atoms with Crippen molar-refractivity contribution in [1.29, 1.82) is 0 Å². The van der Waals surface area contributed by atoms with Crippen LogP contribution in [0.1, 0.15) is 45.4 Å². The number of carboxylic acid groups (broad SMARTS) is 3. The highest BCUT2D eigenvalue weighted by Crippen LogP contribution is 2.09. The molecule has 0 aromatic carbocycles. The molecule has 1 unspecified atom stereocenters. The average Bonchev–Trinajstić information content (AvgIpc) is 2.38. The topological polar surface area (TPSA) is 141 Å². The number of nitrogens with one attached hydrogen (secondary N) is 1. The zero-order chi connectivity index (χ0) is 16.4. The van der Waals surface area contributed by atoms with Gasteiger partial charge in [-0.15, -0.1) is 0 Å². The van der Waals surface area contributed by atoms with E-state index in [0.29, 0.717) is 6.42 Å². The Balaban J connectivity index is 4.48. The van der Waals surface area contributed by atoms with Gasteiger partial charge in [-0.3, -0.25) is 14.4 Å². The molecule has 0 bridgehead atoms. The van der Waals surface area contributed by atoms with Crippen LogP contribution in [0.3, 0.4) is 0 Å². The molecule has 8 nitrogen and oxygen atoms in total. The Morgan fingerprint density at radius 1 is 0.905 bits per heavy atom. The predicted molar refractivity (Wildman–Crippen MR) is 71.7 cm³/mol. The van der Waals surface area contributed by atoms with Crippen LogP contribution < -0.4 is 5.32 Å². The van der Waals surface area contributed by atoms with Gasteiger partial charge in [-0.05, 0) is 6.42 Å². The lowest BCUT2D eigenvalue weighted by molar-refractivity contribution is -0.156. The Bertz CT molecular complexity index is 380. The van der Waals surface area contributed by atoms with Crippen molar-refractivity contribution in [1.82, 2.24) is 5.32 Å². The number of amides is 1. The molecule has 0 spiro atoms. The summed E-state index contributed by atoms with van der Waals surface area (Å²) in [5.41, 5.74) is 0. The van der Waals surface area contributed by atoms with Gasteiger partial charge in [0.1, 0.15) is 6.04 Å². The fourth-order valence-electron chi connectivity index (χ4n) is 1.74. The van der Waals surface area contributed by atoms with E-state index in [1.165, 1.54) is 0 Å². The molecule has 120 valence electrons. The van der Waals surface area contributed by atoms with Crippen molar-refractivity contribution in [2.45, 2.75) is 51.5 Å². The molecular weight excluding hydrogens is 282 g/mol. The first-order chi connectivity index (χ1) is 9.79. The Hall–Kier alpha value is -2.12.